The highest BCUT2D eigenvalue weighted by Gasteiger charge is 2.13. The molecule has 0 radical (unpaired) electrons. The third-order valence-corrected chi connectivity index (χ3v) is 6.17. The second kappa shape index (κ2) is 10.2. The highest BCUT2D eigenvalue weighted by Crippen LogP contribution is 2.25. The van der Waals surface area contributed by atoms with E-state index in [0.29, 0.717) is 28.4 Å². The number of hydrogen-bond donors (Lipinski definition) is 0. The number of rotatable bonds is 9. The molecule has 9 heteroatoms. The molecule has 0 aliphatic heterocycles. The van der Waals surface area contributed by atoms with Crippen LogP contribution in [0.5, 0.6) is 0 Å². The Kier molecular flexibility index (Phi) is 7.63. The molecule has 0 bridgehead atoms. The van der Waals surface area contributed by atoms with E-state index in [1.807, 2.05) is 32.3 Å². The number of nitrogens with zero attached hydrogens (tertiary/aromatic N) is 4. The van der Waals surface area contributed by atoms with Gasteiger partial charge < -0.3 is 4.90 Å². The van der Waals surface area contributed by atoms with Crippen LogP contribution in [0.1, 0.15) is 18.4 Å². The van der Waals surface area contributed by atoms with Gasteiger partial charge in [0.15, 0.2) is 5.16 Å². The number of halogens is 1. The normalized spacial score (nSPS) is 11.3. The molecule has 0 atom stereocenters. The highest BCUT2D eigenvalue weighted by molar-refractivity contribution is 9.10. The Bertz CT molecular complexity index is 1100. The van der Waals surface area contributed by atoms with Crippen molar-refractivity contribution >= 4 is 44.3 Å². The smallest absolute Gasteiger partial charge is 0.269 e. The van der Waals surface area contributed by atoms with E-state index in [0.717, 1.165) is 29.4 Å². The Morgan fingerprint density at radius 1 is 1.17 bits per heavy atom. The molecule has 3 rings (SSSR count). The Balaban J connectivity index is 1.86. The first kappa shape index (κ1) is 22.5. The first-order valence-electron chi connectivity index (χ1n) is 9.56. The molecule has 0 saturated carbocycles. The summed E-state index contributed by atoms with van der Waals surface area (Å²) in [7, 11) is 4.07. The minimum absolute atomic E-state index is 0.0441. The quantitative estimate of drug-likeness (QED) is 0.142. The topological polar surface area (TPSA) is 81.3 Å². The van der Waals surface area contributed by atoms with Gasteiger partial charge in [-0.1, -0.05) is 39.8 Å². The number of non-ortho nitro benzene ring substituents is 1. The van der Waals surface area contributed by atoms with E-state index < -0.39 is 4.92 Å². The Morgan fingerprint density at radius 2 is 1.90 bits per heavy atom. The fourth-order valence-corrected chi connectivity index (χ4v) is 4.38. The predicted octanol–water partition coefficient (Wildman–Crippen LogP) is 4.70. The SMILES string of the molecule is CN(C)CCCCn1c(SCc2ccc([N+](=O)[O-])cc2)nc2ccc(Br)cc2c1=O. The summed E-state index contributed by atoms with van der Waals surface area (Å²) in [5.74, 6) is 0.574. The number of unbranched alkanes of at least 4 members (excludes halogenated alkanes) is 1. The molecule has 158 valence electrons. The van der Waals surface area contributed by atoms with Crippen LogP contribution in [-0.2, 0) is 12.3 Å². The van der Waals surface area contributed by atoms with Gasteiger partial charge in [-0.15, -0.1) is 0 Å². The lowest BCUT2D eigenvalue weighted by Crippen LogP contribution is -2.24. The van der Waals surface area contributed by atoms with Crippen molar-refractivity contribution in [1.82, 2.24) is 14.5 Å². The minimum atomic E-state index is -0.411. The lowest BCUT2D eigenvalue weighted by atomic mass is 10.2. The second-order valence-electron chi connectivity index (χ2n) is 7.24. The molecular formula is C21H23BrN4O3S. The van der Waals surface area contributed by atoms with Crippen LogP contribution in [0.2, 0.25) is 0 Å². The maximum Gasteiger partial charge on any atom is 0.269 e. The van der Waals surface area contributed by atoms with Crippen molar-refractivity contribution in [3.63, 3.8) is 0 Å². The zero-order chi connectivity index (χ0) is 21.7. The van der Waals surface area contributed by atoms with Gasteiger partial charge in [0, 0.05) is 28.9 Å². The molecule has 0 saturated heterocycles. The van der Waals surface area contributed by atoms with Gasteiger partial charge in [-0.2, -0.15) is 0 Å². The molecule has 0 aliphatic carbocycles. The highest BCUT2D eigenvalue weighted by atomic mass is 79.9. The summed E-state index contributed by atoms with van der Waals surface area (Å²) in [5.41, 5.74) is 1.63. The van der Waals surface area contributed by atoms with Crippen LogP contribution >= 0.6 is 27.7 Å². The average Bonchev–Trinajstić information content (AvgIpc) is 2.71. The molecule has 0 unspecified atom stereocenters. The van der Waals surface area contributed by atoms with Crippen molar-refractivity contribution in [3.8, 4) is 0 Å². The molecule has 1 heterocycles. The fraction of sp³-hybridized carbons (Fsp3) is 0.333. The summed E-state index contributed by atoms with van der Waals surface area (Å²) in [6.07, 6.45) is 1.87. The van der Waals surface area contributed by atoms with Crippen LogP contribution in [-0.4, -0.2) is 40.0 Å². The van der Waals surface area contributed by atoms with Gasteiger partial charge in [0.25, 0.3) is 11.2 Å². The van der Waals surface area contributed by atoms with Crippen molar-refractivity contribution in [1.29, 1.82) is 0 Å². The summed E-state index contributed by atoms with van der Waals surface area (Å²) < 4.78 is 2.60. The van der Waals surface area contributed by atoms with Crippen molar-refractivity contribution in [2.24, 2.45) is 0 Å². The molecule has 0 amide bonds. The molecule has 1 aromatic heterocycles. The second-order valence-corrected chi connectivity index (χ2v) is 9.09. The lowest BCUT2D eigenvalue weighted by molar-refractivity contribution is -0.384. The van der Waals surface area contributed by atoms with E-state index in [1.54, 1.807) is 16.7 Å². The van der Waals surface area contributed by atoms with E-state index in [9.17, 15) is 14.9 Å². The van der Waals surface area contributed by atoms with Crippen molar-refractivity contribution in [2.75, 3.05) is 20.6 Å². The van der Waals surface area contributed by atoms with E-state index in [4.69, 9.17) is 4.98 Å². The first-order chi connectivity index (χ1) is 14.3. The third-order valence-electron chi connectivity index (χ3n) is 4.63. The van der Waals surface area contributed by atoms with Crippen LogP contribution in [0.3, 0.4) is 0 Å². The molecular weight excluding hydrogens is 468 g/mol. The summed E-state index contributed by atoms with van der Waals surface area (Å²) >= 11 is 4.90. The number of nitro benzene ring substituents is 1. The first-order valence-corrected chi connectivity index (χ1v) is 11.3. The van der Waals surface area contributed by atoms with E-state index in [2.05, 4.69) is 20.8 Å². The molecule has 30 heavy (non-hydrogen) atoms. The summed E-state index contributed by atoms with van der Waals surface area (Å²) in [5, 5.41) is 12.1. The van der Waals surface area contributed by atoms with Gasteiger partial charge in [0.05, 0.1) is 15.8 Å². The van der Waals surface area contributed by atoms with Crippen LogP contribution in [0, 0.1) is 10.1 Å². The van der Waals surface area contributed by atoms with Gasteiger partial charge in [0.1, 0.15) is 0 Å². The largest absolute Gasteiger partial charge is 0.309 e. The zero-order valence-corrected chi connectivity index (χ0v) is 19.3. The number of aromatic nitrogens is 2. The van der Waals surface area contributed by atoms with Crippen molar-refractivity contribution < 1.29 is 4.92 Å². The van der Waals surface area contributed by atoms with Gasteiger partial charge >= 0.3 is 0 Å². The van der Waals surface area contributed by atoms with Crippen LogP contribution < -0.4 is 5.56 Å². The Hall–Kier alpha value is -2.23. The molecule has 7 nitrogen and oxygen atoms in total. The Labute approximate surface area is 187 Å². The van der Waals surface area contributed by atoms with E-state index >= 15 is 0 Å². The number of thioether (sulfide) groups is 1. The van der Waals surface area contributed by atoms with Gasteiger partial charge in [-0.3, -0.25) is 19.5 Å². The predicted molar refractivity (Wildman–Crippen MR) is 124 cm³/mol. The number of nitro groups is 1. The van der Waals surface area contributed by atoms with Crippen molar-refractivity contribution in [2.45, 2.75) is 30.3 Å². The van der Waals surface area contributed by atoms with Crippen LogP contribution in [0.4, 0.5) is 5.69 Å². The molecule has 0 spiro atoms. The number of fused-ring (bicyclic) bond motifs is 1. The molecule has 2 aromatic carbocycles. The fourth-order valence-electron chi connectivity index (χ4n) is 3.04. The lowest BCUT2D eigenvalue weighted by Gasteiger charge is -2.14. The van der Waals surface area contributed by atoms with Crippen molar-refractivity contribution in [3.05, 3.63) is 73.0 Å². The molecule has 3 aromatic rings. The van der Waals surface area contributed by atoms with E-state index in [1.165, 1.54) is 23.9 Å². The standard InChI is InChI=1S/C21H23BrN4O3S/c1-24(2)11-3-4-12-25-20(27)18-13-16(22)7-10-19(18)23-21(25)30-14-15-5-8-17(9-6-15)26(28)29/h5-10,13H,3-4,11-12,14H2,1-2H3. The summed E-state index contributed by atoms with van der Waals surface area (Å²) in [4.78, 5) is 30.5. The van der Waals surface area contributed by atoms with Gasteiger partial charge in [0.2, 0.25) is 0 Å². The maximum atomic E-state index is 13.2. The minimum Gasteiger partial charge on any atom is -0.309 e. The Morgan fingerprint density at radius 3 is 2.57 bits per heavy atom. The van der Waals surface area contributed by atoms with Gasteiger partial charge in [-0.05, 0) is 57.2 Å². The number of hydrogen-bond acceptors (Lipinski definition) is 6. The molecule has 0 aliphatic rings. The van der Waals surface area contributed by atoms with Crippen LogP contribution in [0.25, 0.3) is 10.9 Å². The molecule has 0 fully saturated rings. The van der Waals surface area contributed by atoms with E-state index in [-0.39, 0.29) is 11.2 Å². The summed E-state index contributed by atoms with van der Waals surface area (Å²) in [6.45, 7) is 1.57. The third kappa shape index (κ3) is 5.68. The van der Waals surface area contributed by atoms with Crippen LogP contribution in [0.15, 0.2) is 56.9 Å². The summed E-state index contributed by atoms with van der Waals surface area (Å²) in [6, 6.07) is 12.0. The monoisotopic (exact) mass is 490 g/mol. The number of benzene rings is 2. The molecule has 0 N–H and O–H groups in total. The average molecular weight is 491 g/mol. The zero-order valence-electron chi connectivity index (χ0n) is 16.9. The van der Waals surface area contributed by atoms with Gasteiger partial charge in [-0.25, -0.2) is 4.98 Å². The maximum absolute atomic E-state index is 13.2.